The van der Waals surface area contributed by atoms with Gasteiger partial charge in [0, 0.05) is 12.1 Å². The van der Waals surface area contributed by atoms with Crippen molar-refractivity contribution in [1.29, 1.82) is 0 Å². The van der Waals surface area contributed by atoms with Crippen molar-refractivity contribution in [3.05, 3.63) is 63.9 Å². The Labute approximate surface area is 133 Å². The summed E-state index contributed by atoms with van der Waals surface area (Å²) in [5.41, 5.74) is 2.23. The van der Waals surface area contributed by atoms with Crippen molar-refractivity contribution in [3.8, 4) is 5.75 Å². The maximum Gasteiger partial charge on any atom is 0.133 e. The number of nitrogens with one attached hydrogen (secondary N) is 1. The Morgan fingerprint density at radius 1 is 1.00 bits per heavy atom. The van der Waals surface area contributed by atoms with Gasteiger partial charge in [-0.2, -0.15) is 0 Å². The molecule has 2 rings (SSSR count). The van der Waals surface area contributed by atoms with Crippen LogP contribution in [-0.2, 0) is 0 Å². The van der Waals surface area contributed by atoms with Crippen molar-refractivity contribution < 1.29 is 9.13 Å². The molecule has 0 aliphatic heterocycles. The van der Waals surface area contributed by atoms with Crippen LogP contribution in [0.3, 0.4) is 0 Å². The lowest BCUT2D eigenvalue weighted by atomic mass is 10.0. The van der Waals surface area contributed by atoms with E-state index in [9.17, 15) is 4.39 Å². The van der Waals surface area contributed by atoms with Gasteiger partial charge in [0.2, 0.25) is 0 Å². The number of hydrogen-bond donors (Lipinski definition) is 1. The van der Waals surface area contributed by atoms with Crippen LogP contribution in [0.5, 0.6) is 5.75 Å². The summed E-state index contributed by atoms with van der Waals surface area (Å²) in [6.07, 6.45) is 0. The minimum Gasteiger partial charge on any atom is -0.496 e. The van der Waals surface area contributed by atoms with Crippen LogP contribution in [0, 0.1) is 5.82 Å². The van der Waals surface area contributed by atoms with Gasteiger partial charge in [0.15, 0.2) is 0 Å². The number of rotatable bonds is 5. The Kier molecular flexibility index (Phi) is 5.37. The molecule has 2 aromatic rings. The molecule has 0 spiro atoms. The molecule has 2 atom stereocenters. The van der Waals surface area contributed by atoms with Crippen LogP contribution in [0.4, 0.5) is 4.39 Å². The lowest BCUT2D eigenvalue weighted by Gasteiger charge is -2.21. The van der Waals surface area contributed by atoms with E-state index in [0.717, 1.165) is 21.3 Å². The lowest BCUT2D eigenvalue weighted by Crippen LogP contribution is -2.22. The van der Waals surface area contributed by atoms with Crippen LogP contribution in [0.2, 0.25) is 0 Å². The number of hydrogen-bond acceptors (Lipinski definition) is 2. The summed E-state index contributed by atoms with van der Waals surface area (Å²) < 4.78 is 19.1. The molecular weight excluding hydrogens is 333 g/mol. The number of methoxy groups -OCH3 is 1. The molecule has 0 radical (unpaired) electrons. The molecule has 2 nitrogen and oxygen atoms in total. The lowest BCUT2D eigenvalue weighted by molar-refractivity contribution is 0.411. The van der Waals surface area contributed by atoms with Crippen molar-refractivity contribution in [2.45, 2.75) is 25.9 Å². The first kappa shape index (κ1) is 16.0. The second kappa shape index (κ2) is 7.05. The van der Waals surface area contributed by atoms with Gasteiger partial charge in [0.1, 0.15) is 11.6 Å². The maximum absolute atomic E-state index is 13.0. The quantitative estimate of drug-likeness (QED) is 0.817. The van der Waals surface area contributed by atoms with E-state index >= 15 is 0 Å². The van der Waals surface area contributed by atoms with Gasteiger partial charge in [0.05, 0.1) is 11.6 Å². The van der Waals surface area contributed by atoms with Gasteiger partial charge in [-0.25, -0.2) is 4.39 Å². The third-order valence-corrected chi connectivity index (χ3v) is 4.17. The van der Waals surface area contributed by atoms with E-state index in [4.69, 9.17) is 4.74 Å². The average molecular weight is 352 g/mol. The Morgan fingerprint density at radius 3 is 2.14 bits per heavy atom. The molecule has 0 aliphatic carbocycles. The van der Waals surface area contributed by atoms with Crippen LogP contribution < -0.4 is 10.1 Å². The molecular formula is C17H19BrFNO. The highest BCUT2D eigenvalue weighted by molar-refractivity contribution is 9.10. The van der Waals surface area contributed by atoms with Crippen LogP contribution in [0.1, 0.15) is 37.1 Å². The number of halogens is 2. The molecule has 1 unspecified atom stereocenters. The summed E-state index contributed by atoms with van der Waals surface area (Å²) in [5.74, 6) is 0.607. The fraction of sp³-hybridized carbons (Fsp3) is 0.294. The first-order valence-electron chi connectivity index (χ1n) is 6.86. The molecule has 0 fully saturated rings. The molecule has 0 aromatic heterocycles. The number of ether oxygens (including phenoxy) is 1. The second-order valence-electron chi connectivity index (χ2n) is 5.06. The summed E-state index contributed by atoms with van der Waals surface area (Å²) in [7, 11) is 1.65. The van der Waals surface area contributed by atoms with Crippen molar-refractivity contribution in [2.75, 3.05) is 7.11 Å². The highest BCUT2D eigenvalue weighted by Crippen LogP contribution is 2.29. The zero-order valence-corrected chi connectivity index (χ0v) is 13.9. The van der Waals surface area contributed by atoms with Gasteiger partial charge >= 0.3 is 0 Å². The summed E-state index contributed by atoms with van der Waals surface area (Å²) in [4.78, 5) is 0. The summed E-state index contributed by atoms with van der Waals surface area (Å²) in [5, 5.41) is 3.51. The monoisotopic (exact) mass is 351 g/mol. The Balaban J connectivity index is 2.08. The molecule has 0 amide bonds. The van der Waals surface area contributed by atoms with Crippen molar-refractivity contribution in [2.24, 2.45) is 0 Å². The van der Waals surface area contributed by atoms with Gasteiger partial charge in [-0.15, -0.1) is 0 Å². The van der Waals surface area contributed by atoms with Crippen LogP contribution in [0.15, 0.2) is 46.9 Å². The second-order valence-corrected chi connectivity index (χ2v) is 5.91. The molecule has 1 N–H and O–H groups in total. The highest BCUT2D eigenvalue weighted by atomic mass is 79.9. The molecule has 0 saturated carbocycles. The topological polar surface area (TPSA) is 21.3 Å². The molecule has 112 valence electrons. The smallest absolute Gasteiger partial charge is 0.133 e. The average Bonchev–Trinajstić information content (AvgIpc) is 2.47. The van der Waals surface area contributed by atoms with Gasteiger partial charge in [-0.05, 0) is 65.2 Å². The number of benzene rings is 2. The molecule has 0 saturated heterocycles. The summed E-state index contributed by atoms with van der Waals surface area (Å²) in [6, 6.07) is 12.9. The van der Waals surface area contributed by atoms with Gasteiger partial charge in [-0.3, -0.25) is 0 Å². The predicted molar refractivity (Wildman–Crippen MR) is 87.1 cm³/mol. The van der Waals surface area contributed by atoms with E-state index in [1.54, 1.807) is 7.11 Å². The van der Waals surface area contributed by atoms with E-state index in [2.05, 4.69) is 35.1 Å². The molecule has 2 aromatic carbocycles. The molecule has 0 heterocycles. The highest BCUT2D eigenvalue weighted by Gasteiger charge is 2.12. The molecule has 4 heteroatoms. The largest absolute Gasteiger partial charge is 0.496 e. The van der Waals surface area contributed by atoms with E-state index < -0.39 is 0 Å². The Hall–Kier alpha value is -1.39. The van der Waals surface area contributed by atoms with Crippen LogP contribution in [-0.4, -0.2) is 7.11 Å². The minimum absolute atomic E-state index is 0.140. The standard InChI is InChI=1S/C17H19BrFNO/c1-11(13-4-7-15(19)8-5-13)20-12(2)14-6-9-17(21-3)16(18)10-14/h4-12,20H,1-3H3/t11-,12?/m1/s1. The Morgan fingerprint density at radius 2 is 1.57 bits per heavy atom. The zero-order chi connectivity index (χ0) is 15.4. The Bertz CT molecular complexity index is 600. The molecule has 0 bridgehead atoms. The summed E-state index contributed by atoms with van der Waals surface area (Å²) >= 11 is 3.50. The third-order valence-electron chi connectivity index (χ3n) is 3.55. The SMILES string of the molecule is COc1ccc(C(C)N[C@H](C)c2ccc(F)cc2)cc1Br. The van der Waals surface area contributed by atoms with Gasteiger partial charge < -0.3 is 10.1 Å². The van der Waals surface area contributed by atoms with E-state index in [1.165, 1.54) is 12.1 Å². The summed E-state index contributed by atoms with van der Waals surface area (Å²) in [6.45, 7) is 4.18. The van der Waals surface area contributed by atoms with E-state index in [1.807, 2.05) is 30.3 Å². The van der Waals surface area contributed by atoms with E-state index in [0.29, 0.717) is 0 Å². The third kappa shape index (κ3) is 4.05. The fourth-order valence-corrected chi connectivity index (χ4v) is 2.83. The maximum atomic E-state index is 13.0. The van der Waals surface area contributed by atoms with Crippen molar-refractivity contribution in [1.82, 2.24) is 5.32 Å². The molecule has 21 heavy (non-hydrogen) atoms. The predicted octanol–water partition coefficient (Wildman–Crippen LogP) is 5.01. The van der Waals surface area contributed by atoms with Crippen molar-refractivity contribution >= 4 is 15.9 Å². The van der Waals surface area contributed by atoms with Crippen LogP contribution in [0.25, 0.3) is 0 Å². The van der Waals surface area contributed by atoms with Crippen molar-refractivity contribution in [3.63, 3.8) is 0 Å². The van der Waals surface area contributed by atoms with Gasteiger partial charge in [0.25, 0.3) is 0 Å². The van der Waals surface area contributed by atoms with Crippen LogP contribution >= 0.6 is 15.9 Å². The first-order chi connectivity index (χ1) is 10.0. The normalized spacial score (nSPS) is 13.8. The minimum atomic E-state index is -0.210. The fourth-order valence-electron chi connectivity index (χ4n) is 2.27. The zero-order valence-electron chi connectivity index (χ0n) is 12.4. The van der Waals surface area contributed by atoms with E-state index in [-0.39, 0.29) is 17.9 Å². The van der Waals surface area contributed by atoms with Gasteiger partial charge in [-0.1, -0.05) is 18.2 Å². The first-order valence-corrected chi connectivity index (χ1v) is 7.65. The molecule has 0 aliphatic rings.